The van der Waals surface area contributed by atoms with Crippen molar-refractivity contribution in [3.8, 4) is 0 Å². The van der Waals surface area contributed by atoms with Gasteiger partial charge in [0.2, 0.25) is 0 Å². The van der Waals surface area contributed by atoms with Gasteiger partial charge < -0.3 is 5.32 Å². The SMILES string of the molecule is C[C@H]1CCCC[C@H]1Nc1cc(=O)n(C)c(=O)[nH]1. The molecule has 17 heavy (non-hydrogen) atoms. The van der Waals surface area contributed by atoms with E-state index in [1.165, 1.54) is 32.4 Å². The van der Waals surface area contributed by atoms with Crippen LogP contribution >= 0.6 is 0 Å². The highest BCUT2D eigenvalue weighted by Crippen LogP contribution is 2.25. The third-order valence-corrected chi connectivity index (χ3v) is 3.60. The molecular formula is C12H19N3O2. The van der Waals surface area contributed by atoms with Crippen LogP contribution in [0.15, 0.2) is 15.7 Å². The minimum absolute atomic E-state index is 0.278. The summed E-state index contributed by atoms with van der Waals surface area (Å²) in [5.41, 5.74) is -0.650. The maximum Gasteiger partial charge on any atom is 0.329 e. The highest BCUT2D eigenvalue weighted by atomic mass is 16.2. The first-order valence-electron chi connectivity index (χ1n) is 6.15. The molecule has 0 aromatic carbocycles. The van der Waals surface area contributed by atoms with Crippen LogP contribution in [0.25, 0.3) is 0 Å². The summed E-state index contributed by atoms with van der Waals surface area (Å²) in [6.07, 6.45) is 4.77. The predicted molar refractivity (Wildman–Crippen MR) is 67.3 cm³/mol. The van der Waals surface area contributed by atoms with Crippen molar-refractivity contribution in [1.29, 1.82) is 0 Å². The molecule has 1 saturated carbocycles. The number of aromatic amines is 1. The molecule has 0 unspecified atom stereocenters. The molecule has 1 aliphatic rings. The van der Waals surface area contributed by atoms with Gasteiger partial charge >= 0.3 is 5.69 Å². The second-order valence-electron chi connectivity index (χ2n) is 4.90. The van der Waals surface area contributed by atoms with Gasteiger partial charge in [-0.05, 0) is 18.8 Å². The molecule has 1 aliphatic carbocycles. The average molecular weight is 237 g/mol. The second-order valence-corrected chi connectivity index (χ2v) is 4.90. The Balaban J connectivity index is 2.18. The fraction of sp³-hybridized carbons (Fsp3) is 0.667. The van der Waals surface area contributed by atoms with Crippen molar-refractivity contribution in [2.45, 2.75) is 38.6 Å². The summed E-state index contributed by atoms with van der Waals surface area (Å²) in [6, 6.07) is 1.80. The smallest absolute Gasteiger partial charge is 0.329 e. The van der Waals surface area contributed by atoms with E-state index in [0.717, 1.165) is 11.0 Å². The van der Waals surface area contributed by atoms with Crippen LogP contribution in [0.3, 0.4) is 0 Å². The quantitative estimate of drug-likeness (QED) is 0.808. The zero-order valence-corrected chi connectivity index (χ0v) is 10.3. The van der Waals surface area contributed by atoms with Crippen LogP contribution in [-0.2, 0) is 7.05 Å². The van der Waals surface area contributed by atoms with Crippen LogP contribution in [0, 0.1) is 5.92 Å². The van der Waals surface area contributed by atoms with Crippen LogP contribution in [-0.4, -0.2) is 15.6 Å². The van der Waals surface area contributed by atoms with Crippen molar-refractivity contribution in [2.75, 3.05) is 5.32 Å². The normalized spacial score (nSPS) is 24.6. The van der Waals surface area contributed by atoms with Crippen molar-refractivity contribution < 1.29 is 0 Å². The van der Waals surface area contributed by atoms with Gasteiger partial charge in [-0.3, -0.25) is 14.3 Å². The monoisotopic (exact) mass is 237 g/mol. The van der Waals surface area contributed by atoms with Crippen molar-refractivity contribution in [1.82, 2.24) is 9.55 Å². The number of nitrogens with zero attached hydrogens (tertiary/aromatic N) is 1. The molecule has 1 fully saturated rings. The van der Waals surface area contributed by atoms with Crippen molar-refractivity contribution in [3.63, 3.8) is 0 Å². The Morgan fingerprint density at radius 2 is 2.06 bits per heavy atom. The number of anilines is 1. The van der Waals surface area contributed by atoms with Crippen LogP contribution in [0.4, 0.5) is 5.82 Å². The van der Waals surface area contributed by atoms with Crippen molar-refractivity contribution >= 4 is 5.82 Å². The van der Waals surface area contributed by atoms with Crippen LogP contribution in [0.5, 0.6) is 0 Å². The van der Waals surface area contributed by atoms with Crippen molar-refractivity contribution in [3.05, 3.63) is 26.9 Å². The summed E-state index contributed by atoms with van der Waals surface area (Å²) in [7, 11) is 1.47. The Bertz CT molecular complexity index is 472. The van der Waals surface area contributed by atoms with Gasteiger partial charge in [0.25, 0.3) is 5.56 Å². The Morgan fingerprint density at radius 1 is 1.35 bits per heavy atom. The molecule has 0 saturated heterocycles. The molecular weight excluding hydrogens is 218 g/mol. The van der Waals surface area contributed by atoms with Gasteiger partial charge in [-0.1, -0.05) is 19.8 Å². The highest BCUT2D eigenvalue weighted by molar-refractivity contribution is 5.33. The van der Waals surface area contributed by atoms with Gasteiger partial charge in [-0.2, -0.15) is 0 Å². The lowest BCUT2D eigenvalue weighted by Gasteiger charge is -2.30. The first-order valence-corrected chi connectivity index (χ1v) is 6.15. The van der Waals surface area contributed by atoms with Crippen molar-refractivity contribution in [2.24, 2.45) is 13.0 Å². The molecule has 0 aliphatic heterocycles. The first kappa shape index (κ1) is 12.0. The standard InChI is InChI=1S/C12H19N3O2/c1-8-5-3-4-6-9(8)13-10-7-11(16)15(2)12(17)14-10/h7-9,13H,3-6H2,1-2H3,(H,14,17)/t8-,9+/m0/s1. The van der Waals surface area contributed by atoms with Gasteiger partial charge in [0.15, 0.2) is 0 Å². The molecule has 1 heterocycles. The molecule has 5 nitrogen and oxygen atoms in total. The van der Waals surface area contributed by atoms with E-state index in [4.69, 9.17) is 0 Å². The average Bonchev–Trinajstić information content (AvgIpc) is 2.29. The van der Waals surface area contributed by atoms with Crippen LogP contribution < -0.4 is 16.6 Å². The maximum absolute atomic E-state index is 11.5. The lowest BCUT2D eigenvalue weighted by Crippen LogP contribution is -2.36. The zero-order chi connectivity index (χ0) is 12.4. The van der Waals surface area contributed by atoms with E-state index in [1.807, 2.05) is 0 Å². The van der Waals surface area contributed by atoms with Crippen LogP contribution in [0.2, 0.25) is 0 Å². The number of nitrogens with one attached hydrogen (secondary N) is 2. The largest absolute Gasteiger partial charge is 0.368 e. The van der Waals surface area contributed by atoms with E-state index >= 15 is 0 Å². The van der Waals surface area contributed by atoms with E-state index < -0.39 is 0 Å². The molecule has 0 radical (unpaired) electrons. The molecule has 2 rings (SSSR count). The molecule has 2 N–H and O–H groups in total. The van der Waals surface area contributed by atoms with Gasteiger partial charge in [0, 0.05) is 19.2 Å². The Morgan fingerprint density at radius 3 is 2.71 bits per heavy atom. The summed E-state index contributed by atoms with van der Waals surface area (Å²) in [5, 5.41) is 3.27. The van der Waals surface area contributed by atoms with E-state index in [2.05, 4.69) is 17.2 Å². The molecule has 94 valence electrons. The molecule has 0 amide bonds. The Hall–Kier alpha value is -1.52. The fourth-order valence-corrected chi connectivity index (χ4v) is 2.36. The van der Waals surface area contributed by atoms with E-state index in [-0.39, 0.29) is 11.2 Å². The number of H-pyrrole nitrogens is 1. The Kier molecular flexibility index (Phi) is 3.36. The molecule has 1 aromatic heterocycles. The molecule has 5 heteroatoms. The Labute approximate surface area is 99.9 Å². The third kappa shape index (κ3) is 2.60. The van der Waals surface area contributed by atoms with Gasteiger partial charge in [-0.15, -0.1) is 0 Å². The topological polar surface area (TPSA) is 66.9 Å². The predicted octanol–water partition coefficient (Wildman–Crippen LogP) is 1.06. The van der Waals surface area contributed by atoms with E-state index in [9.17, 15) is 9.59 Å². The number of aromatic nitrogens is 2. The minimum Gasteiger partial charge on any atom is -0.368 e. The van der Waals surface area contributed by atoms with Gasteiger partial charge in [0.1, 0.15) is 5.82 Å². The van der Waals surface area contributed by atoms with E-state index in [1.54, 1.807) is 0 Å². The minimum atomic E-state index is -0.372. The second kappa shape index (κ2) is 4.77. The molecule has 2 atom stereocenters. The fourth-order valence-electron chi connectivity index (χ4n) is 2.36. The molecule has 0 bridgehead atoms. The lowest BCUT2D eigenvalue weighted by molar-refractivity contribution is 0.349. The summed E-state index contributed by atoms with van der Waals surface area (Å²) in [5.74, 6) is 1.12. The molecule has 1 aromatic rings. The van der Waals surface area contributed by atoms with E-state index in [0.29, 0.717) is 17.8 Å². The number of rotatable bonds is 2. The first-order chi connectivity index (χ1) is 8.08. The number of hydrogen-bond donors (Lipinski definition) is 2. The van der Waals surface area contributed by atoms with Gasteiger partial charge in [0.05, 0.1) is 0 Å². The summed E-state index contributed by atoms with van der Waals surface area (Å²) in [6.45, 7) is 2.20. The third-order valence-electron chi connectivity index (χ3n) is 3.60. The summed E-state index contributed by atoms with van der Waals surface area (Å²) < 4.78 is 1.06. The summed E-state index contributed by atoms with van der Waals surface area (Å²) >= 11 is 0. The lowest BCUT2D eigenvalue weighted by atomic mass is 9.86. The number of hydrogen-bond acceptors (Lipinski definition) is 3. The van der Waals surface area contributed by atoms with Gasteiger partial charge in [-0.25, -0.2) is 4.79 Å². The molecule has 0 spiro atoms. The summed E-state index contributed by atoms with van der Waals surface area (Å²) in [4.78, 5) is 25.6. The van der Waals surface area contributed by atoms with Crippen LogP contribution in [0.1, 0.15) is 32.6 Å². The zero-order valence-electron chi connectivity index (χ0n) is 10.3. The highest BCUT2D eigenvalue weighted by Gasteiger charge is 2.21. The maximum atomic E-state index is 11.5.